The van der Waals surface area contributed by atoms with E-state index in [0.29, 0.717) is 21.2 Å². The molecule has 0 saturated heterocycles. The normalized spacial score (nSPS) is 11.4. The maximum absolute atomic E-state index is 12.0. The Kier molecular flexibility index (Phi) is 4.21. The zero-order valence-corrected chi connectivity index (χ0v) is 12.0. The van der Waals surface area contributed by atoms with Gasteiger partial charge in [0.25, 0.3) is 5.91 Å². The van der Waals surface area contributed by atoms with Crippen molar-refractivity contribution in [2.24, 2.45) is 10.9 Å². The number of thiazole rings is 1. The van der Waals surface area contributed by atoms with Crippen LogP contribution in [-0.2, 0) is 0 Å². The number of nitrogens with one attached hydrogen (secondary N) is 1. The second-order valence-corrected chi connectivity index (χ2v) is 5.52. The summed E-state index contributed by atoms with van der Waals surface area (Å²) in [6.07, 6.45) is 1.51. The Morgan fingerprint density at radius 2 is 2.30 bits per heavy atom. The number of nitrogens with two attached hydrogens (primary N) is 1. The molecule has 1 aromatic heterocycles. The number of carbonyl (C=O) groups excluding carboxylic acids is 1. The summed E-state index contributed by atoms with van der Waals surface area (Å²) < 4.78 is 0. The van der Waals surface area contributed by atoms with Crippen molar-refractivity contribution in [3.05, 3.63) is 44.9 Å². The number of hydrogen-bond donors (Lipinski definition) is 3. The van der Waals surface area contributed by atoms with E-state index in [1.165, 1.54) is 23.6 Å². The number of nitrogens with zero attached hydrogens (tertiary/aromatic N) is 2. The van der Waals surface area contributed by atoms with Crippen molar-refractivity contribution in [1.82, 2.24) is 4.98 Å². The number of amides is 1. The van der Waals surface area contributed by atoms with E-state index in [1.54, 1.807) is 12.1 Å². The number of anilines is 1. The molecule has 1 amide bonds. The summed E-state index contributed by atoms with van der Waals surface area (Å²) in [6, 6.07) is 4.68. The molecule has 0 spiro atoms. The van der Waals surface area contributed by atoms with Crippen molar-refractivity contribution < 1.29 is 10.0 Å². The average molecular weight is 311 g/mol. The summed E-state index contributed by atoms with van der Waals surface area (Å²) in [6.45, 7) is 1.82. The van der Waals surface area contributed by atoms with Crippen molar-refractivity contribution in [2.75, 3.05) is 5.32 Å². The Labute approximate surface area is 123 Å². The van der Waals surface area contributed by atoms with Gasteiger partial charge in [0.05, 0.1) is 21.9 Å². The van der Waals surface area contributed by atoms with Crippen LogP contribution < -0.4 is 11.1 Å². The third kappa shape index (κ3) is 3.06. The molecule has 0 aliphatic heterocycles. The third-order valence-corrected chi connectivity index (χ3v) is 3.69. The topological polar surface area (TPSA) is 101 Å². The van der Waals surface area contributed by atoms with Crippen molar-refractivity contribution in [2.45, 2.75) is 6.92 Å². The van der Waals surface area contributed by atoms with Gasteiger partial charge in [-0.3, -0.25) is 4.79 Å². The predicted molar refractivity (Wildman–Crippen MR) is 78.8 cm³/mol. The van der Waals surface area contributed by atoms with Gasteiger partial charge in [-0.05, 0) is 25.1 Å². The van der Waals surface area contributed by atoms with Gasteiger partial charge in [0.1, 0.15) is 4.88 Å². The number of rotatable bonds is 3. The van der Waals surface area contributed by atoms with E-state index in [9.17, 15) is 4.79 Å². The van der Waals surface area contributed by atoms with Gasteiger partial charge in [0, 0.05) is 5.56 Å². The molecule has 0 fully saturated rings. The molecule has 2 rings (SSSR count). The lowest BCUT2D eigenvalue weighted by atomic mass is 10.2. The quantitative estimate of drug-likeness (QED) is 0.351. The van der Waals surface area contributed by atoms with Gasteiger partial charge in [0.15, 0.2) is 5.84 Å². The Bertz CT molecular complexity index is 684. The van der Waals surface area contributed by atoms with Crippen LogP contribution in [0.5, 0.6) is 0 Å². The molecule has 0 bridgehead atoms. The maximum atomic E-state index is 12.0. The molecular weight excluding hydrogens is 300 g/mol. The number of carbonyl (C=O) groups is 1. The van der Waals surface area contributed by atoms with Crippen molar-refractivity contribution >= 4 is 40.4 Å². The van der Waals surface area contributed by atoms with E-state index in [0.717, 1.165) is 5.01 Å². The molecular formula is C12H11ClN4O2S. The van der Waals surface area contributed by atoms with Crippen molar-refractivity contribution in [3.8, 4) is 0 Å². The molecule has 0 unspecified atom stereocenters. The second-order valence-electron chi connectivity index (χ2n) is 3.88. The lowest BCUT2D eigenvalue weighted by Crippen LogP contribution is -2.14. The second kappa shape index (κ2) is 5.89. The van der Waals surface area contributed by atoms with Crippen LogP contribution >= 0.6 is 22.9 Å². The average Bonchev–Trinajstić information content (AvgIpc) is 2.86. The minimum Gasteiger partial charge on any atom is -0.409 e. The van der Waals surface area contributed by atoms with Crippen LogP contribution in [0.4, 0.5) is 5.69 Å². The highest BCUT2D eigenvalue weighted by molar-refractivity contribution is 7.13. The van der Waals surface area contributed by atoms with Crippen LogP contribution in [0.15, 0.2) is 29.6 Å². The first-order valence-corrected chi connectivity index (χ1v) is 6.72. The monoisotopic (exact) mass is 310 g/mol. The first-order valence-electron chi connectivity index (χ1n) is 5.52. The summed E-state index contributed by atoms with van der Waals surface area (Å²) >= 11 is 7.34. The molecule has 2 aromatic rings. The Morgan fingerprint density at radius 1 is 1.55 bits per heavy atom. The lowest BCUT2D eigenvalue weighted by molar-refractivity contribution is 0.103. The van der Waals surface area contributed by atoms with E-state index < -0.39 is 0 Å². The van der Waals surface area contributed by atoms with Gasteiger partial charge in [-0.15, -0.1) is 11.3 Å². The zero-order valence-electron chi connectivity index (χ0n) is 10.4. The van der Waals surface area contributed by atoms with E-state index in [1.807, 2.05) is 6.92 Å². The summed E-state index contributed by atoms with van der Waals surface area (Å²) in [7, 11) is 0. The van der Waals surface area contributed by atoms with Gasteiger partial charge in [-0.1, -0.05) is 16.8 Å². The molecule has 0 aliphatic rings. The molecule has 1 heterocycles. The number of aromatic nitrogens is 1. The standard InChI is InChI=1S/C12H11ClN4O2S/c1-6-15-5-10(20-6)12(18)16-9-3-2-7(4-8(9)13)11(14)17-19/h2-5,19H,1H3,(H2,14,17)(H,16,18). The fraction of sp³-hybridized carbons (Fsp3) is 0.0833. The molecule has 104 valence electrons. The largest absolute Gasteiger partial charge is 0.409 e. The number of aryl methyl sites for hydroxylation is 1. The fourth-order valence-electron chi connectivity index (χ4n) is 1.48. The highest BCUT2D eigenvalue weighted by Crippen LogP contribution is 2.24. The van der Waals surface area contributed by atoms with Crippen LogP contribution in [0.2, 0.25) is 5.02 Å². The van der Waals surface area contributed by atoms with Crippen LogP contribution in [0, 0.1) is 6.92 Å². The Balaban J connectivity index is 2.20. The smallest absolute Gasteiger partial charge is 0.267 e. The van der Waals surface area contributed by atoms with Crippen molar-refractivity contribution in [1.29, 1.82) is 0 Å². The molecule has 0 saturated carbocycles. The molecule has 0 aliphatic carbocycles. The van der Waals surface area contributed by atoms with Gasteiger partial charge in [-0.2, -0.15) is 0 Å². The van der Waals surface area contributed by atoms with Gasteiger partial charge in [0.2, 0.25) is 0 Å². The molecule has 1 aromatic carbocycles. The minimum atomic E-state index is -0.283. The number of benzene rings is 1. The lowest BCUT2D eigenvalue weighted by Gasteiger charge is -2.07. The first-order chi connectivity index (χ1) is 9.51. The van der Waals surface area contributed by atoms with Crippen molar-refractivity contribution in [3.63, 3.8) is 0 Å². The van der Waals surface area contributed by atoms with Crippen LogP contribution in [0.25, 0.3) is 0 Å². The molecule has 6 nitrogen and oxygen atoms in total. The maximum Gasteiger partial charge on any atom is 0.267 e. The number of hydrogen-bond acceptors (Lipinski definition) is 5. The van der Waals surface area contributed by atoms with Crippen LogP contribution in [0.1, 0.15) is 20.2 Å². The molecule has 20 heavy (non-hydrogen) atoms. The molecule has 8 heteroatoms. The predicted octanol–water partition coefficient (Wildman–Crippen LogP) is 2.45. The summed E-state index contributed by atoms with van der Waals surface area (Å²) in [5, 5.41) is 15.3. The minimum absolute atomic E-state index is 0.0529. The van der Waals surface area contributed by atoms with Crippen LogP contribution in [0.3, 0.4) is 0 Å². The van der Waals surface area contributed by atoms with Gasteiger partial charge < -0.3 is 16.3 Å². The highest BCUT2D eigenvalue weighted by atomic mass is 35.5. The van der Waals surface area contributed by atoms with Gasteiger partial charge >= 0.3 is 0 Å². The van der Waals surface area contributed by atoms with E-state index in [2.05, 4.69) is 15.5 Å². The van der Waals surface area contributed by atoms with E-state index in [-0.39, 0.29) is 11.7 Å². The molecule has 4 N–H and O–H groups in total. The summed E-state index contributed by atoms with van der Waals surface area (Å²) in [5.41, 5.74) is 6.36. The Morgan fingerprint density at radius 3 is 2.85 bits per heavy atom. The zero-order chi connectivity index (χ0) is 14.7. The number of oxime groups is 1. The van der Waals surface area contributed by atoms with E-state index >= 15 is 0 Å². The molecule has 0 atom stereocenters. The Hall–Kier alpha value is -2.12. The summed E-state index contributed by atoms with van der Waals surface area (Å²) in [5.74, 6) is -0.336. The van der Waals surface area contributed by atoms with Crippen LogP contribution in [-0.4, -0.2) is 21.9 Å². The molecule has 0 radical (unpaired) electrons. The number of amidine groups is 1. The first kappa shape index (κ1) is 14.3. The fourth-order valence-corrected chi connectivity index (χ4v) is 2.38. The number of halogens is 1. The third-order valence-electron chi connectivity index (χ3n) is 2.47. The summed E-state index contributed by atoms with van der Waals surface area (Å²) in [4.78, 5) is 16.5. The van der Waals surface area contributed by atoms with Gasteiger partial charge in [-0.25, -0.2) is 4.98 Å². The SMILES string of the molecule is Cc1ncc(C(=O)Nc2ccc(/C(N)=N/O)cc2Cl)s1. The highest BCUT2D eigenvalue weighted by Gasteiger charge is 2.12. The van der Waals surface area contributed by atoms with E-state index in [4.69, 9.17) is 22.5 Å².